The lowest BCUT2D eigenvalue weighted by Gasteiger charge is -2.15. The lowest BCUT2D eigenvalue weighted by molar-refractivity contribution is -0.118. The van der Waals surface area contributed by atoms with E-state index in [4.69, 9.17) is 30.5 Å². The molecule has 0 atom stereocenters. The molecule has 10 heteroatoms. The molecule has 4 rings (SSSR count). The number of hydrogen-bond donors (Lipinski definition) is 2. The maximum Gasteiger partial charge on any atom is 0.271 e. The second-order valence-electron chi connectivity index (χ2n) is 9.48. The Kier molecular flexibility index (Phi) is 11.6. The molecule has 0 heterocycles. The first-order chi connectivity index (χ1) is 21.4. The largest absolute Gasteiger partial charge is 0.490 e. The van der Waals surface area contributed by atoms with Gasteiger partial charge in [0.2, 0.25) is 0 Å². The van der Waals surface area contributed by atoms with Crippen LogP contribution in [0.4, 0.5) is 5.69 Å². The lowest BCUT2D eigenvalue weighted by atomic mass is 10.2. The number of aryl methyl sites for hydroxylation is 1. The average molecular weight is 616 g/mol. The summed E-state index contributed by atoms with van der Waals surface area (Å²) >= 11 is 6.49. The van der Waals surface area contributed by atoms with E-state index in [1.54, 1.807) is 30.3 Å². The number of rotatable bonds is 14. The van der Waals surface area contributed by atoms with E-state index in [1.165, 1.54) is 6.21 Å². The first kappa shape index (κ1) is 31.9. The number of nitrogens with zero attached hydrogens (tertiary/aromatic N) is 1. The Morgan fingerprint density at radius 1 is 0.818 bits per heavy atom. The summed E-state index contributed by atoms with van der Waals surface area (Å²) < 4.78 is 23.1. The minimum Gasteiger partial charge on any atom is -0.490 e. The number of nitrogens with one attached hydrogen (secondary N) is 2. The number of amides is 2. The predicted molar refractivity (Wildman–Crippen MR) is 171 cm³/mol. The summed E-state index contributed by atoms with van der Waals surface area (Å²) in [6.07, 6.45) is 1.43. The molecule has 0 saturated heterocycles. The van der Waals surface area contributed by atoms with Gasteiger partial charge in [-0.05, 0) is 73.9 Å². The summed E-state index contributed by atoms with van der Waals surface area (Å²) in [5.41, 5.74) is 6.06. The smallest absolute Gasteiger partial charge is 0.271 e. The van der Waals surface area contributed by atoms with E-state index in [9.17, 15) is 9.59 Å². The minimum atomic E-state index is -0.437. The maximum absolute atomic E-state index is 12.8. The van der Waals surface area contributed by atoms with Gasteiger partial charge in [0.25, 0.3) is 11.8 Å². The van der Waals surface area contributed by atoms with Gasteiger partial charge in [-0.3, -0.25) is 9.59 Å². The van der Waals surface area contributed by atoms with Gasteiger partial charge >= 0.3 is 0 Å². The van der Waals surface area contributed by atoms with E-state index in [0.717, 1.165) is 11.1 Å². The van der Waals surface area contributed by atoms with E-state index in [-0.39, 0.29) is 23.3 Å². The van der Waals surface area contributed by atoms with Crippen molar-refractivity contribution < 1.29 is 28.5 Å². The Balaban J connectivity index is 1.39. The number of ether oxygens (including phenoxy) is 4. The summed E-state index contributed by atoms with van der Waals surface area (Å²) in [5, 5.41) is 7.12. The fourth-order valence-corrected chi connectivity index (χ4v) is 4.38. The molecule has 228 valence electrons. The molecule has 0 bridgehead atoms. The quantitative estimate of drug-likeness (QED) is 0.119. The SMILES string of the molecule is CCOc1cc(C(=O)N/N=C/c2cc(Cl)c(OCC(=O)Nc3ccccc3C)c(OCC)c2)ccc1OCc1ccccc1. The van der Waals surface area contributed by atoms with E-state index >= 15 is 0 Å². The molecule has 0 spiro atoms. The van der Waals surface area contributed by atoms with Gasteiger partial charge in [0.1, 0.15) is 6.61 Å². The first-order valence-corrected chi connectivity index (χ1v) is 14.5. The van der Waals surface area contributed by atoms with Crippen LogP contribution in [-0.4, -0.2) is 37.8 Å². The molecule has 2 amide bonds. The molecule has 0 aliphatic rings. The van der Waals surface area contributed by atoms with Gasteiger partial charge in [0.15, 0.2) is 29.6 Å². The third kappa shape index (κ3) is 8.99. The molecule has 0 aromatic heterocycles. The molecular formula is C34H34ClN3O6. The predicted octanol–water partition coefficient (Wildman–Crippen LogP) is 6.81. The standard InChI is InChI=1S/C34H34ClN3O6/c1-4-41-30-19-26(15-16-29(30)43-21-24-12-7-6-8-13-24)34(40)38-36-20-25-17-27(35)33(31(18-25)42-5-2)44-22-32(39)37-28-14-10-9-11-23(28)3/h6-20H,4-5,21-22H2,1-3H3,(H,37,39)(H,38,40)/b36-20+. The van der Waals surface area contributed by atoms with Gasteiger partial charge in [-0.2, -0.15) is 5.10 Å². The highest BCUT2D eigenvalue weighted by molar-refractivity contribution is 6.32. The topological polar surface area (TPSA) is 107 Å². The lowest BCUT2D eigenvalue weighted by Crippen LogP contribution is -2.21. The highest BCUT2D eigenvalue weighted by Crippen LogP contribution is 2.36. The number of hydrazone groups is 1. The number of anilines is 1. The Labute approximate surface area is 261 Å². The molecule has 0 aliphatic carbocycles. The van der Waals surface area contributed by atoms with Crippen molar-refractivity contribution >= 4 is 35.3 Å². The van der Waals surface area contributed by atoms with Crippen LogP contribution in [0.15, 0.2) is 90.0 Å². The Morgan fingerprint density at radius 3 is 2.30 bits per heavy atom. The Hall–Kier alpha value is -5.02. The second-order valence-corrected chi connectivity index (χ2v) is 9.89. The van der Waals surface area contributed by atoms with E-state index in [1.807, 2.05) is 75.4 Å². The molecule has 4 aromatic carbocycles. The Morgan fingerprint density at radius 2 is 1.55 bits per heavy atom. The van der Waals surface area contributed by atoms with Crippen molar-refractivity contribution in [3.05, 3.63) is 112 Å². The Bertz CT molecular complexity index is 1610. The maximum atomic E-state index is 12.8. The second kappa shape index (κ2) is 16.0. The van der Waals surface area contributed by atoms with Crippen molar-refractivity contribution in [3.63, 3.8) is 0 Å². The molecule has 0 aliphatic heterocycles. The summed E-state index contributed by atoms with van der Waals surface area (Å²) in [5.74, 6) is 0.777. The summed E-state index contributed by atoms with van der Waals surface area (Å²) in [4.78, 5) is 25.3. The van der Waals surface area contributed by atoms with E-state index < -0.39 is 5.91 Å². The van der Waals surface area contributed by atoms with Crippen LogP contribution < -0.4 is 29.7 Å². The third-order valence-electron chi connectivity index (χ3n) is 6.22. The number of carbonyl (C=O) groups excluding carboxylic acids is 2. The van der Waals surface area contributed by atoms with Crippen molar-refractivity contribution in [3.8, 4) is 23.0 Å². The monoisotopic (exact) mass is 615 g/mol. The third-order valence-corrected chi connectivity index (χ3v) is 6.50. The summed E-state index contributed by atoms with van der Waals surface area (Å²) in [6, 6.07) is 25.4. The highest BCUT2D eigenvalue weighted by atomic mass is 35.5. The zero-order chi connectivity index (χ0) is 31.3. The van der Waals surface area contributed by atoms with Crippen LogP contribution in [0.2, 0.25) is 5.02 Å². The molecule has 0 unspecified atom stereocenters. The van der Waals surface area contributed by atoms with Crippen LogP contribution in [0.5, 0.6) is 23.0 Å². The fourth-order valence-electron chi connectivity index (χ4n) is 4.10. The molecule has 0 fully saturated rings. The molecular weight excluding hydrogens is 582 g/mol. The molecule has 44 heavy (non-hydrogen) atoms. The van der Waals surface area contributed by atoms with Gasteiger partial charge in [0, 0.05) is 11.3 Å². The van der Waals surface area contributed by atoms with Gasteiger partial charge in [0.05, 0.1) is 24.5 Å². The van der Waals surface area contributed by atoms with Gasteiger partial charge in [-0.1, -0.05) is 60.1 Å². The molecule has 4 aromatic rings. The van der Waals surface area contributed by atoms with Crippen molar-refractivity contribution in [2.24, 2.45) is 5.10 Å². The highest BCUT2D eigenvalue weighted by Gasteiger charge is 2.15. The van der Waals surface area contributed by atoms with Crippen LogP contribution >= 0.6 is 11.6 Å². The summed E-state index contributed by atoms with van der Waals surface area (Å²) in [6.45, 7) is 6.43. The number of halogens is 1. The molecule has 0 radical (unpaired) electrons. The normalized spacial score (nSPS) is 10.7. The van der Waals surface area contributed by atoms with Gasteiger partial charge in [-0.25, -0.2) is 5.43 Å². The van der Waals surface area contributed by atoms with Gasteiger partial charge < -0.3 is 24.3 Å². The van der Waals surface area contributed by atoms with Crippen LogP contribution in [0.1, 0.15) is 40.9 Å². The minimum absolute atomic E-state index is 0.222. The number of hydrogen-bond acceptors (Lipinski definition) is 7. The van der Waals surface area contributed by atoms with E-state index in [0.29, 0.717) is 53.9 Å². The first-order valence-electron chi connectivity index (χ1n) is 14.1. The van der Waals surface area contributed by atoms with Crippen LogP contribution in [0.25, 0.3) is 0 Å². The van der Waals surface area contributed by atoms with Gasteiger partial charge in [-0.15, -0.1) is 0 Å². The molecule has 9 nitrogen and oxygen atoms in total. The van der Waals surface area contributed by atoms with Crippen LogP contribution in [0.3, 0.4) is 0 Å². The number of carbonyl (C=O) groups is 2. The van der Waals surface area contributed by atoms with Crippen molar-refractivity contribution in [1.82, 2.24) is 5.43 Å². The van der Waals surface area contributed by atoms with Crippen LogP contribution in [0, 0.1) is 6.92 Å². The number of para-hydroxylation sites is 1. The van der Waals surface area contributed by atoms with Crippen molar-refractivity contribution in [2.45, 2.75) is 27.4 Å². The zero-order valence-electron chi connectivity index (χ0n) is 24.8. The van der Waals surface area contributed by atoms with Crippen LogP contribution in [-0.2, 0) is 11.4 Å². The van der Waals surface area contributed by atoms with Crippen molar-refractivity contribution in [1.29, 1.82) is 0 Å². The fraction of sp³-hybridized carbons (Fsp3) is 0.206. The zero-order valence-corrected chi connectivity index (χ0v) is 25.5. The molecule has 2 N–H and O–H groups in total. The number of benzene rings is 4. The molecule has 0 saturated carbocycles. The van der Waals surface area contributed by atoms with Crippen molar-refractivity contribution in [2.75, 3.05) is 25.1 Å². The van der Waals surface area contributed by atoms with E-state index in [2.05, 4.69) is 15.8 Å². The average Bonchev–Trinajstić information content (AvgIpc) is 3.02. The summed E-state index contributed by atoms with van der Waals surface area (Å²) in [7, 11) is 0.